The van der Waals surface area contributed by atoms with Crippen molar-refractivity contribution in [2.75, 3.05) is 37.3 Å². The molecule has 27 heavy (non-hydrogen) atoms. The molecule has 0 spiro atoms. The van der Waals surface area contributed by atoms with E-state index in [2.05, 4.69) is 49.9 Å². The smallest absolute Gasteiger partial charge is 0.225 e. The molecule has 1 aliphatic heterocycles. The lowest BCUT2D eigenvalue weighted by molar-refractivity contribution is 0.198. The predicted octanol–water partition coefficient (Wildman–Crippen LogP) is 3.00. The van der Waals surface area contributed by atoms with Gasteiger partial charge in [0, 0.05) is 50.9 Å². The van der Waals surface area contributed by atoms with Crippen LogP contribution in [0.15, 0.2) is 41.0 Å². The molecule has 142 valence electrons. The van der Waals surface area contributed by atoms with Crippen LogP contribution >= 0.6 is 11.3 Å². The number of aromatic nitrogens is 3. The molecule has 1 aromatic carbocycles. The van der Waals surface area contributed by atoms with Gasteiger partial charge in [-0.1, -0.05) is 6.07 Å². The first-order chi connectivity index (χ1) is 12.9. The summed E-state index contributed by atoms with van der Waals surface area (Å²) in [6.45, 7) is 5.76. The fourth-order valence-electron chi connectivity index (χ4n) is 3.33. The standard InChI is InChI=1S/C18H22N6OS2/c1-13(14-3-4-17-16(9-14)22-12-26-17)23-5-7-24(8-6-23)18-20-10-15(11-21-18)27(2,19)25/h3-4,9-13,19H,5-8H2,1-2H3/t13-,27?/m0/s1. The Morgan fingerprint density at radius 1 is 1.15 bits per heavy atom. The summed E-state index contributed by atoms with van der Waals surface area (Å²) in [6, 6.07) is 6.87. The molecule has 0 saturated carbocycles. The van der Waals surface area contributed by atoms with Crippen LogP contribution < -0.4 is 4.90 Å². The second-order valence-corrected chi connectivity index (χ2v) is 9.89. The largest absolute Gasteiger partial charge is 0.338 e. The van der Waals surface area contributed by atoms with Crippen molar-refractivity contribution >= 4 is 37.2 Å². The van der Waals surface area contributed by atoms with Gasteiger partial charge in [-0.05, 0) is 24.6 Å². The van der Waals surface area contributed by atoms with E-state index in [1.54, 1.807) is 11.3 Å². The highest BCUT2D eigenvalue weighted by Crippen LogP contribution is 2.27. The zero-order valence-electron chi connectivity index (χ0n) is 15.3. The van der Waals surface area contributed by atoms with Gasteiger partial charge in [0.1, 0.15) is 0 Å². The summed E-state index contributed by atoms with van der Waals surface area (Å²) in [5.74, 6) is 0.638. The molecule has 1 fully saturated rings. The lowest BCUT2D eigenvalue weighted by Gasteiger charge is -2.38. The summed E-state index contributed by atoms with van der Waals surface area (Å²) in [5, 5.41) is 0. The Labute approximate surface area is 163 Å². The molecule has 0 bridgehead atoms. The Morgan fingerprint density at radius 3 is 2.52 bits per heavy atom. The molecule has 1 saturated heterocycles. The Balaban J connectivity index is 1.42. The Hall–Kier alpha value is -2.10. The van der Waals surface area contributed by atoms with Crippen molar-refractivity contribution in [3.63, 3.8) is 0 Å². The first kappa shape index (κ1) is 18.3. The zero-order chi connectivity index (χ0) is 19.0. The molecule has 1 aliphatic rings. The topological polar surface area (TPSA) is 86.1 Å². The number of nitrogens with one attached hydrogen (secondary N) is 1. The molecule has 1 N–H and O–H groups in total. The van der Waals surface area contributed by atoms with Crippen molar-refractivity contribution in [2.45, 2.75) is 17.9 Å². The quantitative estimate of drug-likeness (QED) is 0.722. The van der Waals surface area contributed by atoms with Crippen molar-refractivity contribution in [1.82, 2.24) is 19.9 Å². The second kappa shape index (κ2) is 7.14. The van der Waals surface area contributed by atoms with Gasteiger partial charge in [0.2, 0.25) is 5.95 Å². The molecule has 4 rings (SSSR count). The fourth-order valence-corrected chi connectivity index (χ4v) is 4.50. The summed E-state index contributed by atoms with van der Waals surface area (Å²) in [5.41, 5.74) is 4.25. The van der Waals surface area contributed by atoms with E-state index in [0.29, 0.717) is 16.9 Å². The average molecular weight is 403 g/mol. The maximum Gasteiger partial charge on any atom is 0.225 e. The lowest BCUT2D eigenvalue weighted by atomic mass is 10.1. The second-order valence-electron chi connectivity index (χ2n) is 6.84. The first-order valence-electron chi connectivity index (χ1n) is 8.80. The zero-order valence-corrected chi connectivity index (χ0v) is 17.0. The molecule has 1 unspecified atom stereocenters. The van der Waals surface area contributed by atoms with Crippen LogP contribution in [0.4, 0.5) is 5.95 Å². The maximum atomic E-state index is 11.8. The van der Waals surface area contributed by atoms with Gasteiger partial charge in [0.05, 0.1) is 30.4 Å². The third kappa shape index (κ3) is 3.80. The van der Waals surface area contributed by atoms with Crippen LogP contribution in [-0.4, -0.2) is 56.5 Å². The summed E-state index contributed by atoms with van der Waals surface area (Å²) in [7, 11) is -2.77. The third-order valence-electron chi connectivity index (χ3n) is 5.05. The summed E-state index contributed by atoms with van der Waals surface area (Å²) < 4.78 is 20.6. The molecule has 2 aromatic heterocycles. The number of benzene rings is 1. The van der Waals surface area contributed by atoms with E-state index in [9.17, 15) is 4.21 Å². The molecule has 0 radical (unpaired) electrons. The number of rotatable bonds is 4. The van der Waals surface area contributed by atoms with Gasteiger partial charge in [-0.2, -0.15) is 0 Å². The van der Waals surface area contributed by atoms with Crippen molar-refractivity contribution in [2.24, 2.45) is 0 Å². The number of hydrogen-bond donors (Lipinski definition) is 1. The molecule has 3 heterocycles. The van der Waals surface area contributed by atoms with E-state index >= 15 is 0 Å². The number of anilines is 1. The van der Waals surface area contributed by atoms with Crippen LogP contribution in [0.25, 0.3) is 10.2 Å². The van der Waals surface area contributed by atoms with Crippen molar-refractivity contribution < 1.29 is 4.21 Å². The predicted molar refractivity (Wildman–Crippen MR) is 109 cm³/mol. The van der Waals surface area contributed by atoms with Gasteiger partial charge >= 0.3 is 0 Å². The van der Waals surface area contributed by atoms with E-state index in [1.807, 2.05) is 5.51 Å². The average Bonchev–Trinajstić information content (AvgIpc) is 3.15. The summed E-state index contributed by atoms with van der Waals surface area (Å²) in [6.07, 6.45) is 4.40. The van der Waals surface area contributed by atoms with Crippen LogP contribution in [0.3, 0.4) is 0 Å². The Kier molecular flexibility index (Phi) is 4.83. The van der Waals surface area contributed by atoms with E-state index in [4.69, 9.17) is 4.78 Å². The van der Waals surface area contributed by atoms with Gasteiger partial charge in [-0.25, -0.2) is 23.9 Å². The van der Waals surface area contributed by atoms with Crippen LogP contribution in [0.2, 0.25) is 0 Å². The van der Waals surface area contributed by atoms with E-state index in [0.717, 1.165) is 31.7 Å². The minimum Gasteiger partial charge on any atom is -0.338 e. The van der Waals surface area contributed by atoms with Gasteiger partial charge < -0.3 is 4.90 Å². The van der Waals surface area contributed by atoms with Gasteiger partial charge in [0.25, 0.3) is 0 Å². The van der Waals surface area contributed by atoms with Crippen molar-refractivity contribution in [3.8, 4) is 0 Å². The van der Waals surface area contributed by atoms with Crippen LogP contribution in [0.1, 0.15) is 18.5 Å². The number of fused-ring (bicyclic) bond motifs is 1. The number of hydrogen-bond acceptors (Lipinski definition) is 8. The van der Waals surface area contributed by atoms with Crippen molar-refractivity contribution in [3.05, 3.63) is 41.7 Å². The van der Waals surface area contributed by atoms with Crippen molar-refractivity contribution in [1.29, 1.82) is 4.78 Å². The molecule has 2 atom stereocenters. The number of thiazole rings is 1. The molecule has 0 amide bonds. The first-order valence-corrected chi connectivity index (χ1v) is 11.6. The highest BCUT2D eigenvalue weighted by Gasteiger charge is 2.23. The van der Waals surface area contributed by atoms with Crippen LogP contribution in [0, 0.1) is 4.78 Å². The van der Waals surface area contributed by atoms with Gasteiger partial charge in [0.15, 0.2) is 0 Å². The highest BCUT2D eigenvalue weighted by molar-refractivity contribution is 7.91. The van der Waals surface area contributed by atoms with Gasteiger partial charge in [-0.15, -0.1) is 11.3 Å². The van der Waals surface area contributed by atoms with E-state index in [-0.39, 0.29) is 0 Å². The maximum absolute atomic E-state index is 11.8. The SMILES string of the molecule is C[C@@H](c1ccc2scnc2c1)N1CCN(c2ncc(S(C)(=N)=O)cn2)CC1. The monoisotopic (exact) mass is 402 g/mol. The summed E-state index contributed by atoms with van der Waals surface area (Å²) in [4.78, 5) is 18.0. The Bertz CT molecular complexity index is 1040. The molecular weight excluding hydrogens is 380 g/mol. The number of piperazine rings is 1. The molecule has 3 aromatic rings. The highest BCUT2D eigenvalue weighted by atomic mass is 32.2. The normalized spacial score (nSPS) is 19.1. The fraction of sp³-hybridized carbons (Fsp3) is 0.389. The molecule has 7 nitrogen and oxygen atoms in total. The lowest BCUT2D eigenvalue weighted by Crippen LogP contribution is -2.47. The van der Waals surface area contributed by atoms with Gasteiger partial charge in [-0.3, -0.25) is 4.90 Å². The Morgan fingerprint density at radius 2 is 1.85 bits per heavy atom. The van der Waals surface area contributed by atoms with E-state index < -0.39 is 9.73 Å². The third-order valence-corrected chi connectivity index (χ3v) is 6.97. The minimum atomic E-state index is -2.77. The minimum absolute atomic E-state index is 0.328. The molecule has 9 heteroatoms. The summed E-state index contributed by atoms with van der Waals surface area (Å²) >= 11 is 1.67. The number of nitrogens with zero attached hydrogens (tertiary/aromatic N) is 5. The van der Waals surface area contributed by atoms with Crippen LogP contribution in [-0.2, 0) is 9.73 Å². The molecule has 0 aliphatic carbocycles. The van der Waals surface area contributed by atoms with Crippen LogP contribution in [0.5, 0.6) is 0 Å². The molecular formula is C18H22N6OS2. The van der Waals surface area contributed by atoms with E-state index in [1.165, 1.54) is 28.9 Å².